The summed E-state index contributed by atoms with van der Waals surface area (Å²) in [5.74, 6) is 0. The number of pyridine rings is 1. The highest BCUT2D eigenvalue weighted by molar-refractivity contribution is 5.24. The van der Waals surface area contributed by atoms with Crippen molar-refractivity contribution in [3.05, 3.63) is 30.1 Å². The fourth-order valence-corrected chi connectivity index (χ4v) is 2.16. The van der Waals surface area contributed by atoms with Crippen molar-refractivity contribution in [2.45, 2.75) is 18.9 Å². The Morgan fingerprint density at radius 2 is 2.20 bits per heavy atom. The van der Waals surface area contributed by atoms with E-state index in [0.717, 1.165) is 18.5 Å². The molecule has 1 aliphatic carbocycles. The minimum Gasteiger partial charge on any atom is -0.300 e. The number of nitrogens with zero attached hydrogens (tertiary/aromatic N) is 3. The Morgan fingerprint density at radius 1 is 1.47 bits per heavy atom. The summed E-state index contributed by atoms with van der Waals surface area (Å²) in [6.07, 6.45) is 3.77. The second kappa shape index (κ2) is 3.63. The van der Waals surface area contributed by atoms with Gasteiger partial charge < -0.3 is 0 Å². The molecule has 0 bridgehead atoms. The van der Waals surface area contributed by atoms with Gasteiger partial charge in [0.25, 0.3) is 0 Å². The molecule has 1 aliphatic rings. The molecule has 0 spiro atoms. The molecule has 1 unspecified atom stereocenters. The largest absolute Gasteiger partial charge is 0.300 e. The molecule has 1 fully saturated rings. The Kier molecular flexibility index (Phi) is 2.45. The van der Waals surface area contributed by atoms with Gasteiger partial charge in [0, 0.05) is 6.20 Å². The number of hydrogen-bond donors (Lipinski definition) is 0. The summed E-state index contributed by atoms with van der Waals surface area (Å²) >= 11 is 0. The van der Waals surface area contributed by atoms with Crippen molar-refractivity contribution >= 4 is 0 Å². The second-order valence-electron chi connectivity index (χ2n) is 4.39. The third-order valence-electron chi connectivity index (χ3n) is 3.02. The molecular weight excluding hydrogens is 186 g/mol. The van der Waals surface area contributed by atoms with Crippen molar-refractivity contribution in [1.82, 2.24) is 9.88 Å². The molecule has 0 aromatic carbocycles. The maximum Gasteiger partial charge on any atom is 0.0786 e. The molecule has 1 atom stereocenters. The Morgan fingerprint density at radius 3 is 2.60 bits per heavy atom. The minimum absolute atomic E-state index is 0.128. The van der Waals surface area contributed by atoms with E-state index in [-0.39, 0.29) is 11.5 Å². The van der Waals surface area contributed by atoms with Crippen LogP contribution in [0.1, 0.15) is 24.6 Å². The lowest BCUT2D eigenvalue weighted by molar-refractivity contribution is 0.227. The summed E-state index contributed by atoms with van der Waals surface area (Å²) in [4.78, 5) is 6.46. The van der Waals surface area contributed by atoms with Gasteiger partial charge in [-0.3, -0.25) is 9.88 Å². The van der Waals surface area contributed by atoms with E-state index in [9.17, 15) is 5.26 Å². The zero-order valence-corrected chi connectivity index (χ0v) is 9.14. The monoisotopic (exact) mass is 201 g/mol. The van der Waals surface area contributed by atoms with Gasteiger partial charge in [-0.2, -0.15) is 5.26 Å². The number of nitriles is 1. The lowest BCUT2D eigenvalue weighted by atomic mass is 9.94. The first-order valence-electron chi connectivity index (χ1n) is 5.18. The van der Waals surface area contributed by atoms with Crippen LogP contribution in [0.2, 0.25) is 0 Å². The van der Waals surface area contributed by atoms with E-state index in [0.29, 0.717) is 0 Å². The highest BCUT2D eigenvalue weighted by Crippen LogP contribution is 2.55. The lowest BCUT2D eigenvalue weighted by Gasteiger charge is -2.27. The molecule has 0 saturated heterocycles. The van der Waals surface area contributed by atoms with E-state index in [2.05, 4.69) is 16.0 Å². The standard InChI is InChI=1S/C12H15N3/c1-15(2)11(12(9-13)6-7-12)10-5-3-4-8-14-10/h3-5,8,11H,6-7H2,1-2H3. The second-order valence-corrected chi connectivity index (χ2v) is 4.39. The first-order chi connectivity index (χ1) is 7.19. The van der Waals surface area contributed by atoms with Gasteiger partial charge in [0.1, 0.15) is 0 Å². The average Bonchev–Trinajstić information content (AvgIpc) is 3.00. The van der Waals surface area contributed by atoms with Crippen LogP contribution in [0.5, 0.6) is 0 Å². The molecule has 15 heavy (non-hydrogen) atoms. The zero-order valence-electron chi connectivity index (χ0n) is 9.14. The van der Waals surface area contributed by atoms with Crippen LogP contribution in [-0.2, 0) is 0 Å². The zero-order chi connectivity index (χ0) is 10.9. The molecule has 3 heteroatoms. The van der Waals surface area contributed by atoms with E-state index >= 15 is 0 Å². The highest BCUT2D eigenvalue weighted by Gasteiger charge is 2.52. The van der Waals surface area contributed by atoms with Gasteiger partial charge in [-0.1, -0.05) is 6.07 Å². The van der Waals surface area contributed by atoms with Gasteiger partial charge in [0.15, 0.2) is 0 Å². The quantitative estimate of drug-likeness (QED) is 0.750. The molecule has 1 saturated carbocycles. The third-order valence-corrected chi connectivity index (χ3v) is 3.02. The van der Waals surface area contributed by atoms with Crippen molar-refractivity contribution in [1.29, 1.82) is 5.26 Å². The highest BCUT2D eigenvalue weighted by atomic mass is 15.1. The molecule has 1 heterocycles. The van der Waals surface area contributed by atoms with Crippen LogP contribution < -0.4 is 0 Å². The summed E-state index contributed by atoms with van der Waals surface area (Å²) in [5, 5.41) is 9.23. The summed E-state index contributed by atoms with van der Waals surface area (Å²) < 4.78 is 0. The van der Waals surface area contributed by atoms with Crippen LogP contribution in [0, 0.1) is 16.7 Å². The van der Waals surface area contributed by atoms with Crippen LogP contribution in [0.4, 0.5) is 0 Å². The summed E-state index contributed by atoms with van der Waals surface area (Å²) in [5.41, 5.74) is 0.805. The van der Waals surface area contributed by atoms with Crippen LogP contribution >= 0.6 is 0 Å². The third kappa shape index (κ3) is 1.73. The summed E-state index contributed by atoms with van der Waals surface area (Å²) in [7, 11) is 4.02. The summed E-state index contributed by atoms with van der Waals surface area (Å²) in [6, 6.07) is 8.46. The Bertz CT molecular complexity index is 374. The van der Waals surface area contributed by atoms with Crippen LogP contribution in [0.25, 0.3) is 0 Å². The molecule has 78 valence electrons. The maximum atomic E-state index is 9.23. The van der Waals surface area contributed by atoms with E-state index in [1.807, 2.05) is 32.3 Å². The fourth-order valence-electron chi connectivity index (χ4n) is 2.16. The number of rotatable bonds is 3. The Hall–Kier alpha value is -1.40. The molecule has 0 radical (unpaired) electrons. The van der Waals surface area contributed by atoms with Crippen molar-refractivity contribution in [3.63, 3.8) is 0 Å². The number of hydrogen-bond acceptors (Lipinski definition) is 3. The van der Waals surface area contributed by atoms with Gasteiger partial charge in [-0.15, -0.1) is 0 Å². The SMILES string of the molecule is CN(C)C(c1ccccn1)C1(C#N)CC1. The average molecular weight is 201 g/mol. The van der Waals surface area contributed by atoms with Crippen LogP contribution in [0.3, 0.4) is 0 Å². The van der Waals surface area contributed by atoms with Crippen LogP contribution in [-0.4, -0.2) is 24.0 Å². The summed E-state index contributed by atoms with van der Waals surface area (Å²) in [6.45, 7) is 0. The van der Waals surface area contributed by atoms with Crippen molar-refractivity contribution in [2.24, 2.45) is 5.41 Å². The molecule has 2 rings (SSSR count). The maximum absolute atomic E-state index is 9.23. The van der Waals surface area contributed by atoms with E-state index in [1.54, 1.807) is 6.20 Å². The molecule has 0 aliphatic heterocycles. The smallest absolute Gasteiger partial charge is 0.0786 e. The molecule has 3 nitrogen and oxygen atoms in total. The molecule has 1 aromatic heterocycles. The minimum atomic E-state index is -0.197. The van der Waals surface area contributed by atoms with Gasteiger partial charge in [0.2, 0.25) is 0 Å². The van der Waals surface area contributed by atoms with Gasteiger partial charge in [-0.25, -0.2) is 0 Å². The normalized spacial score (nSPS) is 19.6. The first-order valence-corrected chi connectivity index (χ1v) is 5.18. The van der Waals surface area contributed by atoms with E-state index < -0.39 is 0 Å². The predicted molar refractivity (Wildman–Crippen MR) is 57.9 cm³/mol. The molecular formula is C12H15N3. The van der Waals surface area contributed by atoms with Crippen molar-refractivity contribution in [2.75, 3.05) is 14.1 Å². The van der Waals surface area contributed by atoms with Gasteiger partial charge in [-0.05, 0) is 39.1 Å². The van der Waals surface area contributed by atoms with Crippen molar-refractivity contribution < 1.29 is 0 Å². The molecule has 0 N–H and O–H groups in total. The van der Waals surface area contributed by atoms with Crippen LogP contribution in [0.15, 0.2) is 24.4 Å². The van der Waals surface area contributed by atoms with E-state index in [4.69, 9.17) is 0 Å². The van der Waals surface area contributed by atoms with Gasteiger partial charge in [0.05, 0.1) is 23.2 Å². The lowest BCUT2D eigenvalue weighted by Crippen LogP contribution is -2.28. The van der Waals surface area contributed by atoms with Crippen molar-refractivity contribution in [3.8, 4) is 6.07 Å². The van der Waals surface area contributed by atoms with E-state index in [1.165, 1.54) is 0 Å². The topological polar surface area (TPSA) is 39.9 Å². The Labute approximate surface area is 90.4 Å². The predicted octanol–water partition coefficient (Wildman–Crippen LogP) is 1.99. The van der Waals surface area contributed by atoms with Gasteiger partial charge >= 0.3 is 0 Å². The first kappa shape index (κ1) is 10.1. The molecule has 0 amide bonds. The Balaban J connectivity index is 2.34. The fraction of sp³-hybridized carbons (Fsp3) is 0.500. The number of aromatic nitrogens is 1. The molecule has 1 aromatic rings.